The maximum absolute atomic E-state index is 6.77. The first-order valence-electron chi connectivity index (χ1n) is 16.4. The van der Waals surface area contributed by atoms with E-state index in [9.17, 15) is 0 Å². The summed E-state index contributed by atoms with van der Waals surface area (Å²) in [7, 11) is 0. The highest BCUT2D eigenvalue weighted by Gasteiger charge is 2.40. The molecule has 8 aromatic carbocycles. The molecule has 0 aliphatic carbocycles. The van der Waals surface area contributed by atoms with Crippen molar-refractivity contribution in [3.05, 3.63) is 170 Å². The Morgan fingerprint density at radius 1 is 0.417 bits per heavy atom. The van der Waals surface area contributed by atoms with Gasteiger partial charge in [0.15, 0.2) is 0 Å². The first kappa shape index (κ1) is 26.9. The lowest BCUT2D eigenvalue weighted by Crippen LogP contribution is -2.57. The van der Waals surface area contributed by atoms with Crippen LogP contribution in [0.15, 0.2) is 170 Å². The van der Waals surface area contributed by atoms with Crippen molar-refractivity contribution in [2.24, 2.45) is 0 Å². The molecule has 224 valence electrons. The Labute approximate surface area is 279 Å². The van der Waals surface area contributed by atoms with Crippen molar-refractivity contribution in [3.8, 4) is 34.1 Å². The minimum Gasteiger partial charge on any atom is -0.458 e. The summed E-state index contributed by atoms with van der Waals surface area (Å²) in [5.74, 6) is 3.38. The second kappa shape index (κ2) is 10.6. The highest BCUT2D eigenvalue weighted by atomic mass is 16.5. The fraction of sp³-hybridized carbons (Fsp3) is 0. The van der Waals surface area contributed by atoms with Gasteiger partial charge in [0.2, 0.25) is 0 Å². The second-order valence-corrected chi connectivity index (χ2v) is 12.5. The van der Waals surface area contributed by atoms with Crippen LogP contribution in [0.3, 0.4) is 0 Å². The summed E-state index contributed by atoms with van der Waals surface area (Å²) in [6, 6.07) is 60.2. The van der Waals surface area contributed by atoms with E-state index in [-0.39, 0.29) is 6.71 Å². The van der Waals surface area contributed by atoms with Crippen molar-refractivity contribution in [1.82, 2.24) is 0 Å². The van der Waals surface area contributed by atoms with Gasteiger partial charge in [-0.1, -0.05) is 127 Å². The molecule has 0 spiro atoms. The zero-order valence-corrected chi connectivity index (χ0v) is 26.0. The molecule has 2 aliphatic heterocycles. The van der Waals surface area contributed by atoms with Crippen LogP contribution >= 0.6 is 0 Å². The minimum absolute atomic E-state index is 0.0190. The largest absolute Gasteiger partial charge is 0.458 e. The molecule has 0 bridgehead atoms. The van der Waals surface area contributed by atoms with E-state index in [1.165, 1.54) is 16.2 Å². The van der Waals surface area contributed by atoms with E-state index in [0.29, 0.717) is 0 Å². The third kappa shape index (κ3) is 4.16. The summed E-state index contributed by atoms with van der Waals surface area (Å²) in [6.45, 7) is 0.0190. The summed E-state index contributed by atoms with van der Waals surface area (Å²) in [6.07, 6.45) is 0. The first-order valence-corrected chi connectivity index (χ1v) is 16.4. The molecule has 0 fully saturated rings. The zero-order chi connectivity index (χ0) is 31.6. The van der Waals surface area contributed by atoms with Crippen LogP contribution in [0.2, 0.25) is 0 Å². The summed E-state index contributed by atoms with van der Waals surface area (Å²) < 4.78 is 13.5. The number of hydrogen-bond donors (Lipinski definition) is 0. The van der Waals surface area contributed by atoms with Crippen LogP contribution in [0, 0.1) is 0 Å². The third-order valence-electron chi connectivity index (χ3n) is 9.73. The molecule has 0 amide bonds. The Balaban J connectivity index is 1.29. The Kier molecular flexibility index (Phi) is 5.97. The standard InChI is InChI=1S/C44H28BNO2/c1-2-13-30(14-3-1)35-25-31-16-4-5-17-32(31)26-39(35)46(38-22-12-18-29-15-6-7-19-34(29)38)33-27-42-44-43(28-33)48-41-24-11-9-21-37(41)45(44)36-20-8-10-23-40(36)47-42/h1-28H. The SMILES string of the molecule is c1ccc(-c2cc3ccccc3cc2N(c2cc3c4c(c2)Oc2ccccc2B4c2ccccc2O3)c2cccc3ccccc23)cc1. The zero-order valence-electron chi connectivity index (χ0n) is 26.0. The summed E-state index contributed by atoms with van der Waals surface area (Å²) in [5, 5.41) is 4.71. The number of nitrogens with zero attached hydrogens (tertiary/aromatic N) is 1. The fourth-order valence-corrected chi connectivity index (χ4v) is 7.58. The number of benzene rings is 8. The summed E-state index contributed by atoms with van der Waals surface area (Å²) in [5.41, 5.74) is 8.79. The van der Waals surface area contributed by atoms with Gasteiger partial charge in [-0.3, -0.25) is 0 Å². The van der Waals surface area contributed by atoms with Gasteiger partial charge < -0.3 is 14.4 Å². The summed E-state index contributed by atoms with van der Waals surface area (Å²) in [4.78, 5) is 2.39. The van der Waals surface area contributed by atoms with Gasteiger partial charge in [0.25, 0.3) is 6.71 Å². The first-order chi connectivity index (χ1) is 23.8. The van der Waals surface area contributed by atoms with Gasteiger partial charge in [-0.15, -0.1) is 0 Å². The van der Waals surface area contributed by atoms with Crippen LogP contribution in [-0.4, -0.2) is 6.71 Å². The quantitative estimate of drug-likeness (QED) is 0.185. The van der Waals surface area contributed by atoms with Crippen LogP contribution in [-0.2, 0) is 0 Å². The van der Waals surface area contributed by atoms with E-state index >= 15 is 0 Å². The number of fused-ring (bicyclic) bond motifs is 6. The third-order valence-corrected chi connectivity index (χ3v) is 9.73. The molecule has 2 aliphatic rings. The molecular weight excluding hydrogens is 585 g/mol. The van der Waals surface area contributed by atoms with Crippen LogP contribution in [0.25, 0.3) is 32.7 Å². The van der Waals surface area contributed by atoms with Gasteiger partial charge in [-0.2, -0.15) is 0 Å². The fourth-order valence-electron chi connectivity index (χ4n) is 7.58. The van der Waals surface area contributed by atoms with Gasteiger partial charge in [-0.25, -0.2) is 0 Å². The molecule has 8 aromatic rings. The van der Waals surface area contributed by atoms with Crippen molar-refractivity contribution in [2.45, 2.75) is 0 Å². The molecule has 3 nitrogen and oxygen atoms in total. The van der Waals surface area contributed by atoms with E-state index < -0.39 is 0 Å². The molecule has 0 N–H and O–H groups in total. The predicted molar refractivity (Wildman–Crippen MR) is 199 cm³/mol. The highest BCUT2D eigenvalue weighted by molar-refractivity contribution is 6.98. The normalized spacial score (nSPS) is 12.5. The van der Waals surface area contributed by atoms with Crippen molar-refractivity contribution < 1.29 is 9.47 Å². The second-order valence-electron chi connectivity index (χ2n) is 12.5. The van der Waals surface area contributed by atoms with Crippen LogP contribution in [0.1, 0.15) is 0 Å². The van der Waals surface area contributed by atoms with Gasteiger partial charge in [0, 0.05) is 28.5 Å². The molecule has 48 heavy (non-hydrogen) atoms. The Bertz CT molecular complexity index is 2470. The van der Waals surface area contributed by atoms with E-state index in [1.54, 1.807) is 0 Å². The molecule has 0 saturated heterocycles. The number of anilines is 3. The minimum atomic E-state index is 0.0190. The topological polar surface area (TPSA) is 21.7 Å². The monoisotopic (exact) mass is 613 g/mol. The molecule has 0 radical (unpaired) electrons. The maximum Gasteiger partial charge on any atom is 0.260 e. The van der Waals surface area contributed by atoms with Crippen molar-refractivity contribution in [3.63, 3.8) is 0 Å². The van der Waals surface area contributed by atoms with Gasteiger partial charge in [0.1, 0.15) is 23.0 Å². The van der Waals surface area contributed by atoms with Crippen molar-refractivity contribution in [2.75, 3.05) is 4.90 Å². The van der Waals surface area contributed by atoms with Crippen LogP contribution in [0.4, 0.5) is 17.1 Å². The van der Waals surface area contributed by atoms with Gasteiger partial charge >= 0.3 is 0 Å². The van der Waals surface area contributed by atoms with Crippen LogP contribution < -0.4 is 30.8 Å². The lowest BCUT2D eigenvalue weighted by Gasteiger charge is -2.35. The molecule has 2 heterocycles. The smallest absolute Gasteiger partial charge is 0.260 e. The Hall–Kier alpha value is -6.26. The lowest BCUT2D eigenvalue weighted by atomic mass is 9.35. The van der Waals surface area contributed by atoms with E-state index in [4.69, 9.17) is 9.47 Å². The van der Waals surface area contributed by atoms with E-state index in [2.05, 4.69) is 163 Å². The molecule has 0 atom stereocenters. The van der Waals surface area contributed by atoms with E-state index in [1.807, 2.05) is 12.1 Å². The molecule has 4 heteroatoms. The predicted octanol–water partition coefficient (Wildman–Crippen LogP) is 9.86. The molecule has 0 aromatic heterocycles. The number of para-hydroxylation sites is 2. The number of hydrogen-bond acceptors (Lipinski definition) is 3. The molecule has 10 rings (SSSR count). The molecule has 0 unspecified atom stereocenters. The average molecular weight is 614 g/mol. The molecular formula is C44H28BNO2. The van der Waals surface area contributed by atoms with Gasteiger partial charge in [-0.05, 0) is 63.0 Å². The van der Waals surface area contributed by atoms with Crippen molar-refractivity contribution in [1.29, 1.82) is 0 Å². The summed E-state index contributed by atoms with van der Waals surface area (Å²) >= 11 is 0. The van der Waals surface area contributed by atoms with Crippen molar-refractivity contribution >= 4 is 61.7 Å². The lowest BCUT2D eigenvalue weighted by molar-refractivity contribution is 0.465. The number of ether oxygens (including phenoxy) is 2. The highest BCUT2D eigenvalue weighted by Crippen LogP contribution is 2.47. The number of rotatable bonds is 4. The maximum atomic E-state index is 6.77. The Morgan fingerprint density at radius 3 is 1.69 bits per heavy atom. The van der Waals surface area contributed by atoms with E-state index in [0.717, 1.165) is 73.0 Å². The Morgan fingerprint density at radius 2 is 0.979 bits per heavy atom. The van der Waals surface area contributed by atoms with Gasteiger partial charge in [0.05, 0.1) is 17.1 Å². The molecule has 0 saturated carbocycles. The average Bonchev–Trinajstić information content (AvgIpc) is 3.15. The van der Waals surface area contributed by atoms with Crippen LogP contribution in [0.5, 0.6) is 23.0 Å².